The highest BCUT2D eigenvalue weighted by atomic mass is 15.3. The Morgan fingerprint density at radius 1 is 1.52 bits per heavy atom. The third-order valence-corrected chi connectivity index (χ3v) is 4.23. The van der Waals surface area contributed by atoms with Gasteiger partial charge in [-0.25, -0.2) is 4.98 Å². The largest absolute Gasteiger partial charge is 0.298 e. The van der Waals surface area contributed by atoms with Gasteiger partial charge in [-0.2, -0.15) is 10.2 Å². The summed E-state index contributed by atoms with van der Waals surface area (Å²) in [6.07, 6.45) is 7.84. The van der Waals surface area contributed by atoms with E-state index in [9.17, 15) is 0 Å². The summed E-state index contributed by atoms with van der Waals surface area (Å²) in [6, 6.07) is 0. The predicted molar refractivity (Wildman–Crippen MR) is 80.8 cm³/mol. The van der Waals surface area contributed by atoms with E-state index in [4.69, 9.17) is 0 Å². The molecule has 6 heteroatoms. The summed E-state index contributed by atoms with van der Waals surface area (Å²) in [4.78, 5) is 6.79. The lowest BCUT2D eigenvalue weighted by Gasteiger charge is -2.31. The van der Waals surface area contributed by atoms with Gasteiger partial charge in [0.15, 0.2) is 0 Å². The van der Waals surface area contributed by atoms with Gasteiger partial charge in [-0.1, -0.05) is 6.08 Å². The molecule has 0 spiro atoms. The highest BCUT2D eigenvalue weighted by molar-refractivity contribution is 5.16. The Hall–Kier alpha value is -1.95. The van der Waals surface area contributed by atoms with E-state index in [0.29, 0.717) is 5.92 Å². The SMILES string of the molecule is C=CCn1ncc(CN2CCC[C@H](c3ncn[nH]3)C2)c1C. The quantitative estimate of drug-likeness (QED) is 0.852. The maximum Gasteiger partial charge on any atom is 0.137 e. The van der Waals surface area contributed by atoms with E-state index in [2.05, 4.69) is 38.7 Å². The molecule has 1 fully saturated rings. The number of aromatic amines is 1. The Kier molecular flexibility index (Phi) is 4.15. The average molecular weight is 286 g/mol. The van der Waals surface area contributed by atoms with Gasteiger partial charge in [0.2, 0.25) is 0 Å². The molecular formula is C15H22N6. The first-order valence-corrected chi connectivity index (χ1v) is 7.47. The Labute approximate surface area is 124 Å². The molecule has 0 aliphatic carbocycles. The Balaban J connectivity index is 1.66. The molecular weight excluding hydrogens is 264 g/mol. The molecule has 0 aromatic carbocycles. The summed E-state index contributed by atoms with van der Waals surface area (Å²) in [5.41, 5.74) is 2.53. The van der Waals surface area contributed by atoms with Crippen molar-refractivity contribution >= 4 is 0 Å². The second-order valence-corrected chi connectivity index (χ2v) is 5.67. The number of piperidine rings is 1. The van der Waals surface area contributed by atoms with Gasteiger partial charge in [-0.05, 0) is 26.3 Å². The van der Waals surface area contributed by atoms with Crippen molar-refractivity contribution in [2.45, 2.75) is 38.8 Å². The maximum atomic E-state index is 4.43. The molecule has 2 aromatic rings. The van der Waals surface area contributed by atoms with E-state index in [1.54, 1.807) is 6.33 Å². The number of allylic oxidation sites excluding steroid dienone is 1. The van der Waals surface area contributed by atoms with Crippen molar-refractivity contribution < 1.29 is 0 Å². The molecule has 6 nitrogen and oxygen atoms in total. The first-order valence-electron chi connectivity index (χ1n) is 7.47. The first-order chi connectivity index (χ1) is 10.3. The summed E-state index contributed by atoms with van der Waals surface area (Å²) in [6.45, 7) is 9.79. The second-order valence-electron chi connectivity index (χ2n) is 5.67. The zero-order valence-corrected chi connectivity index (χ0v) is 12.5. The van der Waals surface area contributed by atoms with Crippen LogP contribution in [0.4, 0.5) is 0 Å². The van der Waals surface area contributed by atoms with Crippen LogP contribution >= 0.6 is 0 Å². The van der Waals surface area contributed by atoms with Gasteiger partial charge in [0.1, 0.15) is 12.2 Å². The van der Waals surface area contributed by atoms with Crippen LogP contribution in [-0.4, -0.2) is 43.0 Å². The number of hydrogen-bond acceptors (Lipinski definition) is 4. The number of likely N-dealkylation sites (tertiary alicyclic amines) is 1. The topological polar surface area (TPSA) is 62.6 Å². The van der Waals surface area contributed by atoms with E-state index in [-0.39, 0.29) is 0 Å². The van der Waals surface area contributed by atoms with Crippen molar-refractivity contribution in [2.24, 2.45) is 0 Å². The molecule has 1 aliphatic rings. The highest BCUT2D eigenvalue weighted by Crippen LogP contribution is 2.25. The average Bonchev–Trinajstić information content (AvgIpc) is 3.13. The Bertz CT molecular complexity index is 585. The monoisotopic (exact) mass is 286 g/mol. The summed E-state index contributed by atoms with van der Waals surface area (Å²) in [5.74, 6) is 1.48. The highest BCUT2D eigenvalue weighted by Gasteiger charge is 2.24. The lowest BCUT2D eigenvalue weighted by molar-refractivity contribution is 0.196. The number of H-pyrrole nitrogens is 1. The normalized spacial score (nSPS) is 19.8. The van der Waals surface area contributed by atoms with Gasteiger partial charge in [0, 0.05) is 30.3 Å². The van der Waals surface area contributed by atoms with Crippen LogP contribution in [0.3, 0.4) is 0 Å². The number of aromatic nitrogens is 5. The number of hydrogen-bond donors (Lipinski definition) is 1. The van der Waals surface area contributed by atoms with Crippen LogP contribution in [0, 0.1) is 6.92 Å². The molecule has 21 heavy (non-hydrogen) atoms. The number of nitrogens with zero attached hydrogens (tertiary/aromatic N) is 5. The second kappa shape index (κ2) is 6.22. The molecule has 1 N–H and O–H groups in total. The van der Waals surface area contributed by atoms with Crippen molar-refractivity contribution in [2.75, 3.05) is 13.1 Å². The lowest BCUT2D eigenvalue weighted by Crippen LogP contribution is -2.34. The van der Waals surface area contributed by atoms with E-state index < -0.39 is 0 Å². The van der Waals surface area contributed by atoms with Crippen LogP contribution in [0.25, 0.3) is 0 Å². The molecule has 1 saturated heterocycles. The van der Waals surface area contributed by atoms with Gasteiger partial charge in [0.05, 0.1) is 12.7 Å². The van der Waals surface area contributed by atoms with Gasteiger partial charge < -0.3 is 0 Å². The van der Waals surface area contributed by atoms with Gasteiger partial charge >= 0.3 is 0 Å². The van der Waals surface area contributed by atoms with E-state index >= 15 is 0 Å². The fourth-order valence-corrected chi connectivity index (χ4v) is 3.02. The van der Waals surface area contributed by atoms with Crippen LogP contribution in [0.15, 0.2) is 25.2 Å². The zero-order valence-electron chi connectivity index (χ0n) is 12.5. The molecule has 3 rings (SSSR count). The van der Waals surface area contributed by atoms with E-state index in [1.165, 1.54) is 24.1 Å². The molecule has 0 unspecified atom stereocenters. The van der Waals surface area contributed by atoms with Gasteiger partial charge in [-0.3, -0.25) is 14.7 Å². The van der Waals surface area contributed by atoms with Crippen LogP contribution in [0.1, 0.15) is 35.8 Å². The van der Waals surface area contributed by atoms with Crippen molar-refractivity contribution in [3.63, 3.8) is 0 Å². The molecule has 0 saturated carbocycles. The predicted octanol–water partition coefficient (Wildman–Crippen LogP) is 1.88. The zero-order chi connectivity index (χ0) is 14.7. The Morgan fingerprint density at radius 2 is 2.43 bits per heavy atom. The number of nitrogens with one attached hydrogen (secondary N) is 1. The van der Waals surface area contributed by atoms with Crippen molar-refractivity contribution in [3.8, 4) is 0 Å². The minimum absolute atomic E-state index is 0.463. The third kappa shape index (κ3) is 3.05. The van der Waals surface area contributed by atoms with Crippen molar-refractivity contribution in [3.05, 3.63) is 42.3 Å². The lowest BCUT2D eigenvalue weighted by atomic mass is 9.97. The summed E-state index contributed by atoms with van der Waals surface area (Å²) < 4.78 is 2.00. The third-order valence-electron chi connectivity index (χ3n) is 4.23. The maximum absolute atomic E-state index is 4.43. The van der Waals surface area contributed by atoms with Crippen LogP contribution in [0.5, 0.6) is 0 Å². The summed E-state index contributed by atoms with van der Waals surface area (Å²) in [7, 11) is 0. The first kappa shape index (κ1) is 14.0. The molecule has 112 valence electrons. The number of rotatable bonds is 5. The molecule has 0 radical (unpaired) electrons. The molecule has 3 heterocycles. The van der Waals surface area contributed by atoms with E-state index in [0.717, 1.165) is 32.0 Å². The summed E-state index contributed by atoms with van der Waals surface area (Å²) in [5, 5.41) is 11.4. The van der Waals surface area contributed by atoms with Crippen LogP contribution in [-0.2, 0) is 13.1 Å². The molecule has 1 aliphatic heterocycles. The standard InChI is InChI=1S/C15H22N6/c1-3-6-21-12(2)14(8-18-21)10-20-7-4-5-13(9-20)15-16-11-17-19-15/h3,8,11,13H,1,4-7,9-10H2,2H3,(H,16,17,19)/t13-/m0/s1. The summed E-state index contributed by atoms with van der Waals surface area (Å²) >= 11 is 0. The van der Waals surface area contributed by atoms with E-state index in [1.807, 2.05) is 17.0 Å². The van der Waals surface area contributed by atoms with Crippen molar-refractivity contribution in [1.82, 2.24) is 29.9 Å². The van der Waals surface area contributed by atoms with Crippen molar-refractivity contribution in [1.29, 1.82) is 0 Å². The Morgan fingerprint density at radius 3 is 3.19 bits per heavy atom. The fourth-order valence-electron chi connectivity index (χ4n) is 3.02. The van der Waals surface area contributed by atoms with Crippen LogP contribution in [0.2, 0.25) is 0 Å². The van der Waals surface area contributed by atoms with Gasteiger partial charge in [-0.15, -0.1) is 6.58 Å². The molecule has 0 bridgehead atoms. The minimum atomic E-state index is 0.463. The molecule has 0 amide bonds. The molecule has 2 aromatic heterocycles. The van der Waals surface area contributed by atoms with Crippen LogP contribution < -0.4 is 0 Å². The fraction of sp³-hybridized carbons (Fsp3) is 0.533. The minimum Gasteiger partial charge on any atom is -0.298 e. The smallest absolute Gasteiger partial charge is 0.137 e. The van der Waals surface area contributed by atoms with Gasteiger partial charge in [0.25, 0.3) is 0 Å². The molecule has 1 atom stereocenters.